The number of nitrogens with zero attached hydrogens (tertiary/aromatic N) is 1. The van der Waals surface area contributed by atoms with Crippen molar-refractivity contribution < 1.29 is 32.6 Å². The molecule has 0 aromatic heterocycles. The summed E-state index contributed by atoms with van der Waals surface area (Å²) in [6, 6.07) is 2.36. The molecule has 1 aliphatic carbocycles. The second-order valence-corrected chi connectivity index (χ2v) is 9.17. The van der Waals surface area contributed by atoms with Gasteiger partial charge in [-0.2, -0.15) is 0 Å². The Hall–Kier alpha value is -1.95. The number of allylic oxidation sites excluding steroid dienone is 1. The van der Waals surface area contributed by atoms with Crippen LogP contribution in [0.25, 0.3) is 5.76 Å². The lowest BCUT2D eigenvalue weighted by molar-refractivity contribution is -0.133. The SMILES string of the molecule is CCN(CC)C(=O)COc1c(S(C)(=O)=O)ccc(C(O)=C2C(=O)CCCC2=O)c1Cl.S=S. The van der Waals surface area contributed by atoms with E-state index in [-0.39, 0.29) is 45.6 Å². The summed E-state index contributed by atoms with van der Waals surface area (Å²) in [6.45, 7) is 4.01. The Morgan fingerprint density at radius 1 is 1.16 bits per heavy atom. The zero-order valence-corrected chi connectivity index (χ0v) is 21.0. The highest BCUT2D eigenvalue weighted by molar-refractivity contribution is 8.07. The number of ether oxygens (including phenoxy) is 1. The minimum atomic E-state index is -3.79. The minimum absolute atomic E-state index is 0.117. The molecule has 0 unspecified atom stereocenters. The van der Waals surface area contributed by atoms with Gasteiger partial charge in [0.25, 0.3) is 5.91 Å². The average Bonchev–Trinajstić information content (AvgIpc) is 2.74. The number of Topliss-reactive ketones (excluding diaryl/α,β-unsaturated/α-hetero) is 2. The predicted octanol–water partition coefficient (Wildman–Crippen LogP) is 2.58. The van der Waals surface area contributed by atoms with Crippen molar-refractivity contribution in [2.45, 2.75) is 38.0 Å². The van der Waals surface area contributed by atoms with Crippen LogP contribution < -0.4 is 4.74 Å². The number of amides is 1. The molecule has 8 nitrogen and oxygen atoms in total. The van der Waals surface area contributed by atoms with Crippen LogP contribution in [0.4, 0.5) is 0 Å². The molecule has 176 valence electrons. The first-order valence-corrected chi connectivity index (χ1v) is 13.2. The molecule has 0 radical (unpaired) electrons. The summed E-state index contributed by atoms with van der Waals surface area (Å²) in [6.07, 6.45) is 1.58. The standard InChI is InChI=1S/C20H24ClNO7S.S2/c1-4-22(5-2)16(25)11-29-20-15(30(3,27)28)10-9-12(18(20)21)19(26)17-13(23)7-6-8-14(17)24;1-2/h9-10,26H,4-8,11H2,1-3H3;. The van der Waals surface area contributed by atoms with Gasteiger partial charge in [0, 0.05) is 60.1 Å². The number of halogens is 1. The monoisotopic (exact) mass is 521 g/mol. The highest BCUT2D eigenvalue weighted by Crippen LogP contribution is 2.39. The number of aliphatic hydroxyl groups excluding tert-OH is 1. The number of rotatable bonds is 7. The summed E-state index contributed by atoms with van der Waals surface area (Å²) in [4.78, 5) is 37.8. The van der Waals surface area contributed by atoms with E-state index in [1.54, 1.807) is 13.8 Å². The molecular formula is C20H24ClNO7S3. The van der Waals surface area contributed by atoms with Gasteiger partial charge in [-0.15, -0.1) is 0 Å². The molecule has 0 atom stereocenters. The lowest BCUT2D eigenvalue weighted by Crippen LogP contribution is -2.34. The molecule has 1 amide bonds. The Balaban J connectivity index is 0.00000249. The summed E-state index contributed by atoms with van der Waals surface area (Å²) in [5.74, 6) is -2.34. The van der Waals surface area contributed by atoms with Crippen LogP contribution in [0.5, 0.6) is 5.75 Å². The molecule has 1 aliphatic rings. The van der Waals surface area contributed by atoms with Crippen molar-refractivity contribution >= 4 is 67.0 Å². The first-order chi connectivity index (χ1) is 15.0. The Morgan fingerprint density at radius 3 is 2.16 bits per heavy atom. The van der Waals surface area contributed by atoms with Crippen LogP contribution in [-0.4, -0.2) is 61.9 Å². The number of likely N-dealkylation sites (N-methyl/N-ethyl adjacent to an activating group) is 1. The van der Waals surface area contributed by atoms with E-state index < -0.39 is 33.8 Å². The molecule has 1 saturated carbocycles. The van der Waals surface area contributed by atoms with Gasteiger partial charge in [-0.05, 0) is 32.4 Å². The normalized spacial score (nSPS) is 13.8. The Morgan fingerprint density at radius 2 is 1.69 bits per heavy atom. The van der Waals surface area contributed by atoms with Crippen LogP contribution >= 0.6 is 11.6 Å². The predicted molar refractivity (Wildman–Crippen MR) is 126 cm³/mol. The van der Waals surface area contributed by atoms with Crippen molar-refractivity contribution in [3.8, 4) is 5.75 Å². The Labute approximate surface area is 202 Å². The second kappa shape index (κ2) is 12.3. The molecule has 0 spiro atoms. The summed E-state index contributed by atoms with van der Waals surface area (Å²) >= 11 is 13.7. The number of aliphatic hydroxyl groups is 1. The highest BCUT2D eigenvalue weighted by atomic mass is 35.5. The Kier molecular flexibility index (Phi) is 10.8. The number of sulfone groups is 1. The molecule has 1 fully saturated rings. The van der Waals surface area contributed by atoms with Crippen LogP contribution in [0.1, 0.15) is 38.7 Å². The molecule has 1 N–H and O–H groups in total. The van der Waals surface area contributed by atoms with E-state index in [9.17, 15) is 27.9 Å². The van der Waals surface area contributed by atoms with Crippen molar-refractivity contribution in [1.82, 2.24) is 4.90 Å². The molecule has 0 saturated heterocycles. The van der Waals surface area contributed by atoms with Crippen molar-refractivity contribution in [2.24, 2.45) is 0 Å². The second-order valence-electron chi connectivity index (χ2n) is 6.80. The van der Waals surface area contributed by atoms with E-state index in [1.165, 1.54) is 11.0 Å². The summed E-state index contributed by atoms with van der Waals surface area (Å²) in [5.41, 5.74) is -0.478. The molecule has 1 aromatic carbocycles. The molecule has 12 heteroatoms. The molecule has 0 bridgehead atoms. The number of hydrogen-bond donors (Lipinski definition) is 1. The van der Waals surface area contributed by atoms with Gasteiger partial charge in [0.1, 0.15) is 16.2 Å². The highest BCUT2D eigenvalue weighted by Gasteiger charge is 2.30. The van der Waals surface area contributed by atoms with Gasteiger partial charge in [0.15, 0.2) is 33.8 Å². The maximum absolute atomic E-state index is 12.3. The van der Waals surface area contributed by atoms with Gasteiger partial charge >= 0.3 is 0 Å². The minimum Gasteiger partial charge on any atom is -0.506 e. The molecule has 0 heterocycles. The van der Waals surface area contributed by atoms with Crippen molar-refractivity contribution in [1.29, 1.82) is 0 Å². The number of benzene rings is 1. The van der Waals surface area contributed by atoms with E-state index in [0.717, 1.165) is 12.3 Å². The largest absolute Gasteiger partial charge is 0.506 e. The lowest BCUT2D eigenvalue weighted by Gasteiger charge is -2.20. The van der Waals surface area contributed by atoms with Crippen LogP contribution in [0.2, 0.25) is 5.02 Å². The quantitative estimate of drug-likeness (QED) is 0.328. The average molecular weight is 522 g/mol. The van der Waals surface area contributed by atoms with E-state index >= 15 is 0 Å². The van der Waals surface area contributed by atoms with E-state index in [0.29, 0.717) is 19.5 Å². The topological polar surface area (TPSA) is 118 Å². The maximum atomic E-state index is 12.3. The first-order valence-electron chi connectivity index (χ1n) is 9.62. The van der Waals surface area contributed by atoms with Gasteiger partial charge in [0.05, 0.1) is 5.02 Å². The fourth-order valence-corrected chi connectivity index (χ4v) is 4.34. The fraction of sp³-hybridized carbons (Fsp3) is 0.450. The maximum Gasteiger partial charge on any atom is 0.260 e. The molecular weight excluding hydrogens is 498 g/mol. The van der Waals surface area contributed by atoms with Gasteiger partial charge in [-0.3, -0.25) is 14.4 Å². The Bertz CT molecular complexity index is 1020. The number of carbonyl (C=O) groups excluding carboxylic acids is 3. The summed E-state index contributed by atoms with van der Waals surface area (Å²) in [7, 11) is -3.79. The first kappa shape index (κ1) is 28.1. The fourth-order valence-electron chi connectivity index (χ4n) is 3.16. The van der Waals surface area contributed by atoms with E-state index in [4.69, 9.17) is 16.3 Å². The summed E-state index contributed by atoms with van der Waals surface area (Å²) in [5, 5.41) is 10.3. The molecule has 1 aromatic rings. The smallest absolute Gasteiger partial charge is 0.260 e. The third kappa shape index (κ3) is 6.53. The zero-order chi connectivity index (χ0) is 24.6. The molecule has 2 rings (SSSR count). The van der Waals surface area contributed by atoms with Gasteiger partial charge in [-0.25, -0.2) is 8.42 Å². The van der Waals surface area contributed by atoms with Crippen LogP contribution in [-0.2, 0) is 46.6 Å². The van der Waals surface area contributed by atoms with Crippen LogP contribution in [0.15, 0.2) is 22.6 Å². The van der Waals surface area contributed by atoms with E-state index in [2.05, 4.69) is 22.4 Å². The molecule has 0 aliphatic heterocycles. The third-order valence-electron chi connectivity index (χ3n) is 4.77. The third-order valence-corrected chi connectivity index (χ3v) is 6.27. The number of ketones is 2. The van der Waals surface area contributed by atoms with Gasteiger partial charge < -0.3 is 14.7 Å². The van der Waals surface area contributed by atoms with Crippen LogP contribution in [0, 0.1) is 0 Å². The van der Waals surface area contributed by atoms with Crippen LogP contribution in [0.3, 0.4) is 0 Å². The number of carbonyl (C=O) groups is 3. The zero-order valence-electron chi connectivity index (χ0n) is 17.8. The van der Waals surface area contributed by atoms with Crippen molar-refractivity contribution in [3.05, 3.63) is 28.3 Å². The van der Waals surface area contributed by atoms with Gasteiger partial charge in [-0.1, -0.05) is 11.6 Å². The van der Waals surface area contributed by atoms with E-state index in [1.807, 2.05) is 0 Å². The van der Waals surface area contributed by atoms with Gasteiger partial charge in [0.2, 0.25) is 0 Å². The summed E-state index contributed by atoms with van der Waals surface area (Å²) < 4.78 is 29.8. The van der Waals surface area contributed by atoms with Crippen molar-refractivity contribution in [2.75, 3.05) is 26.0 Å². The molecule has 32 heavy (non-hydrogen) atoms. The lowest BCUT2D eigenvalue weighted by atomic mass is 9.90. The van der Waals surface area contributed by atoms with Crippen molar-refractivity contribution in [3.63, 3.8) is 0 Å². The number of hydrogen-bond acceptors (Lipinski definition) is 9.